The number of amides is 1. The summed E-state index contributed by atoms with van der Waals surface area (Å²) in [6.07, 6.45) is -0.328. The van der Waals surface area contributed by atoms with Gasteiger partial charge in [-0.1, -0.05) is 17.3 Å². The van der Waals surface area contributed by atoms with E-state index in [1.54, 1.807) is 23.5 Å². The number of nitrogens with one attached hydrogen (secondary N) is 1. The Balaban J connectivity index is 1.56. The van der Waals surface area contributed by atoms with Gasteiger partial charge in [-0.15, -0.1) is 11.3 Å². The maximum Gasteiger partial charge on any atom is 0.264 e. The molecule has 0 saturated carbocycles. The molecule has 1 amide bonds. The minimum atomic E-state index is -0.665. The molecule has 114 valence electrons. The predicted octanol–water partition coefficient (Wildman–Crippen LogP) is 3.46. The van der Waals surface area contributed by atoms with E-state index in [-0.39, 0.29) is 11.7 Å². The fourth-order valence-electron chi connectivity index (χ4n) is 2.09. The molecular weight excluding hydrogens is 371 g/mol. The molecule has 0 unspecified atom stereocenters. The Morgan fingerprint density at radius 2 is 2.32 bits per heavy atom. The van der Waals surface area contributed by atoms with Crippen molar-refractivity contribution < 1.29 is 14.0 Å². The van der Waals surface area contributed by atoms with Gasteiger partial charge in [-0.25, -0.2) is 4.39 Å². The minimum Gasteiger partial charge on any atom is -0.382 e. The molecule has 1 atom stereocenters. The van der Waals surface area contributed by atoms with Crippen LogP contribution in [0, 0.1) is 5.82 Å². The van der Waals surface area contributed by atoms with Crippen LogP contribution in [0.15, 0.2) is 45.3 Å². The molecule has 2 heterocycles. The number of thiophene rings is 1. The first-order valence-electron chi connectivity index (χ1n) is 6.62. The second kappa shape index (κ2) is 6.58. The van der Waals surface area contributed by atoms with Crippen LogP contribution in [0.2, 0.25) is 0 Å². The highest BCUT2D eigenvalue weighted by Gasteiger charge is 2.28. The van der Waals surface area contributed by atoms with Gasteiger partial charge in [0.05, 0.1) is 16.0 Å². The molecule has 0 bridgehead atoms. The molecule has 4 nitrogen and oxygen atoms in total. The minimum absolute atomic E-state index is 0.223. The summed E-state index contributed by atoms with van der Waals surface area (Å²) in [5, 5.41) is 6.71. The van der Waals surface area contributed by atoms with Crippen LogP contribution in [0.4, 0.5) is 4.39 Å². The number of nitrogens with zero attached hydrogens (tertiary/aromatic N) is 1. The van der Waals surface area contributed by atoms with E-state index >= 15 is 0 Å². The smallest absolute Gasteiger partial charge is 0.264 e. The van der Waals surface area contributed by atoms with Crippen LogP contribution < -0.4 is 5.32 Å². The number of hydrogen-bond acceptors (Lipinski definition) is 4. The Morgan fingerprint density at radius 1 is 1.45 bits per heavy atom. The molecular formula is C15H12BrFN2O2S. The van der Waals surface area contributed by atoms with E-state index in [0.717, 1.165) is 8.66 Å². The third kappa shape index (κ3) is 3.53. The van der Waals surface area contributed by atoms with Gasteiger partial charge >= 0.3 is 0 Å². The zero-order valence-corrected chi connectivity index (χ0v) is 13.8. The second-order valence-corrected chi connectivity index (χ2v) is 7.32. The Labute approximate surface area is 139 Å². The molecule has 0 spiro atoms. The molecule has 1 aliphatic rings. The van der Waals surface area contributed by atoms with E-state index in [1.807, 2.05) is 12.1 Å². The highest BCUT2D eigenvalue weighted by Crippen LogP contribution is 2.22. The van der Waals surface area contributed by atoms with Gasteiger partial charge < -0.3 is 10.2 Å². The summed E-state index contributed by atoms with van der Waals surface area (Å²) in [6, 6.07) is 9.97. The highest BCUT2D eigenvalue weighted by molar-refractivity contribution is 9.11. The van der Waals surface area contributed by atoms with Crippen LogP contribution in [0.5, 0.6) is 0 Å². The molecule has 1 aliphatic heterocycles. The molecule has 0 aliphatic carbocycles. The van der Waals surface area contributed by atoms with Gasteiger partial charge in [0.2, 0.25) is 6.10 Å². The molecule has 1 aromatic heterocycles. The maximum absolute atomic E-state index is 13.2. The Kier molecular flexibility index (Phi) is 4.54. The first-order valence-corrected chi connectivity index (χ1v) is 8.23. The third-order valence-corrected chi connectivity index (χ3v) is 4.81. The third-order valence-electron chi connectivity index (χ3n) is 3.18. The average molecular weight is 383 g/mol. The number of halogens is 2. The van der Waals surface area contributed by atoms with Gasteiger partial charge in [-0.05, 0) is 40.2 Å². The van der Waals surface area contributed by atoms with E-state index in [9.17, 15) is 9.18 Å². The molecule has 0 saturated heterocycles. The Bertz CT molecular complexity index is 732. The summed E-state index contributed by atoms with van der Waals surface area (Å²) in [4.78, 5) is 18.3. The SMILES string of the molecule is O=C(NCc1ccc(Br)s1)[C@H]1CC(c2cccc(F)c2)=NO1. The number of carbonyl (C=O) groups excluding carboxylic acids is 1. The molecule has 1 aromatic carbocycles. The summed E-state index contributed by atoms with van der Waals surface area (Å²) in [5.74, 6) is -0.559. The summed E-state index contributed by atoms with van der Waals surface area (Å²) < 4.78 is 14.2. The summed E-state index contributed by atoms with van der Waals surface area (Å²) in [7, 11) is 0. The van der Waals surface area contributed by atoms with Gasteiger partial charge in [0, 0.05) is 16.9 Å². The predicted molar refractivity (Wildman–Crippen MR) is 86.3 cm³/mol. The van der Waals surface area contributed by atoms with E-state index in [2.05, 4.69) is 26.4 Å². The van der Waals surface area contributed by atoms with Gasteiger partial charge in [0.15, 0.2) is 0 Å². The van der Waals surface area contributed by atoms with Crippen molar-refractivity contribution in [1.82, 2.24) is 5.32 Å². The average Bonchev–Trinajstić information content (AvgIpc) is 3.14. The van der Waals surface area contributed by atoms with Gasteiger partial charge in [0.25, 0.3) is 5.91 Å². The van der Waals surface area contributed by atoms with Crippen molar-refractivity contribution in [2.45, 2.75) is 19.1 Å². The first kappa shape index (κ1) is 15.2. The molecule has 22 heavy (non-hydrogen) atoms. The zero-order chi connectivity index (χ0) is 15.5. The number of benzene rings is 1. The van der Waals surface area contributed by atoms with Crippen molar-refractivity contribution in [2.75, 3.05) is 0 Å². The standard InChI is InChI=1S/C15H12BrFN2O2S/c16-14-5-4-11(22-14)8-18-15(20)13-7-12(19-21-13)9-2-1-3-10(17)6-9/h1-6,13H,7-8H2,(H,18,20)/t13-/m1/s1. The summed E-state index contributed by atoms with van der Waals surface area (Å²) in [5.41, 5.74) is 1.22. The van der Waals surface area contributed by atoms with Gasteiger partial charge in [-0.3, -0.25) is 4.79 Å². The van der Waals surface area contributed by atoms with Crippen LogP contribution in [0.1, 0.15) is 16.9 Å². The maximum atomic E-state index is 13.2. The first-order chi connectivity index (χ1) is 10.6. The van der Waals surface area contributed by atoms with E-state index in [4.69, 9.17) is 4.84 Å². The molecule has 2 aromatic rings. The topological polar surface area (TPSA) is 50.7 Å². The molecule has 0 radical (unpaired) electrons. The zero-order valence-electron chi connectivity index (χ0n) is 11.4. The second-order valence-electron chi connectivity index (χ2n) is 4.77. The lowest BCUT2D eigenvalue weighted by Crippen LogP contribution is -2.34. The van der Waals surface area contributed by atoms with E-state index in [1.165, 1.54) is 12.1 Å². The van der Waals surface area contributed by atoms with Crippen LogP contribution in [-0.4, -0.2) is 17.7 Å². The summed E-state index contributed by atoms with van der Waals surface area (Å²) >= 11 is 4.94. The largest absolute Gasteiger partial charge is 0.382 e. The normalized spacial score (nSPS) is 17.0. The van der Waals surface area contributed by atoms with Crippen molar-refractivity contribution in [1.29, 1.82) is 0 Å². The highest BCUT2D eigenvalue weighted by atomic mass is 79.9. The van der Waals surface area contributed by atoms with Crippen LogP contribution in [0.25, 0.3) is 0 Å². The van der Waals surface area contributed by atoms with Crippen molar-refractivity contribution in [2.24, 2.45) is 5.16 Å². The lowest BCUT2D eigenvalue weighted by Gasteiger charge is -2.08. The van der Waals surface area contributed by atoms with Crippen LogP contribution in [-0.2, 0) is 16.2 Å². The van der Waals surface area contributed by atoms with Crippen LogP contribution in [0.3, 0.4) is 0 Å². The van der Waals surface area contributed by atoms with Crippen molar-refractivity contribution in [3.63, 3.8) is 0 Å². The number of carbonyl (C=O) groups is 1. The number of oxime groups is 1. The van der Waals surface area contributed by atoms with Gasteiger partial charge in [0.1, 0.15) is 5.82 Å². The number of hydrogen-bond donors (Lipinski definition) is 1. The molecule has 1 N–H and O–H groups in total. The molecule has 0 fully saturated rings. The summed E-state index contributed by atoms with van der Waals surface area (Å²) in [6.45, 7) is 0.449. The fraction of sp³-hybridized carbons (Fsp3) is 0.200. The quantitative estimate of drug-likeness (QED) is 0.879. The monoisotopic (exact) mass is 382 g/mol. The van der Waals surface area contributed by atoms with Crippen molar-refractivity contribution in [3.05, 3.63) is 56.4 Å². The van der Waals surface area contributed by atoms with Gasteiger partial charge in [-0.2, -0.15) is 0 Å². The van der Waals surface area contributed by atoms with E-state index < -0.39 is 6.10 Å². The Hall–Kier alpha value is -1.73. The molecule has 7 heteroatoms. The lowest BCUT2D eigenvalue weighted by molar-refractivity contribution is -0.131. The fourth-order valence-corrected chi connectivity index (χ4v) is 3.51. The van der Waals surface area contributed by atoms with Crippen molar-refractivity contribution >= 4 is 38.9 Å². The molecule has 3 rings (SSSR count). The number of rotatable bonds is 4. The van der Waals surface area contributed by atoms with Crippen LogP contribution >= 0.6 is 27.3 Å². The van der Waals surface area contributed by atoms with E-state index in [0.29, 0.717) is 24.2 Å². The Morgan fingerprint density at radius 3 is 3.05 bits per heavy atom. The lowest BCUT2D eigenvalue weighted by atomic mass is 10.0. The van der Waals surface area contributed by atoms with Crippen molar-refractivity contribution in [3.8, 4) is 0 Å².